The molecule has 0 aliphatic rings. The number of ketones is 1. The van der Waals surface area contributed by atoms with Gasteiger partial charge in [-0.05, 0) is 18.2 Å². The van der Waals surface area contributed by atoms with Gasteiger partial charge in [-0.3, -0.25) is 4.79 Å². The molecule has 0 unspecified atom stereocenters. The maximum atomic E-state index is 12.5. The van der Waals surface area contributed by atoms with Crippen molar-refractivity contribution < 1.29 is 4.79 Å². The predicted molar refractivity (Wildman–Crippen MR) is 92.2 cm³/mol. The van der Waals surface area contributed by atoms with Crippen LogP contribution in [0.25, 0.3) is 10.9 Å². The number of carbonyl (C=O) groups excluding carboxylic acids is 1. The Bertz CT molecular complexity index is 835. The number of halogens is 2. The van der Waals surface area contributed by atoms with E-state index in [1.165, 1.54) is 0 Å². The highest BCUT2D eigenvalue weighted by Crippen LogP contribution is 2.30. The van der Waals surface area contributed by atoms with Gasteiger partial charge < -0.3 is 9.88 Å². The van der Waals surface area contributed by atoms with Gasteiger partial charge in [0.2, 0.25) is 0 Å². The van der Waals surface area contributed by atoms with Gasteiger partial charge in [-0.25, -0.2) is 0 Å². The molecule has 0 amide bonds. The van der Waals surface area contributed by atoms with Crippen molar-refractivity contribution in [1.29, 1.82) is 0 Å². The van der Waals surface area contributed by atoms with E-state index in [4.69, 9.17) is 23.2 Å². The lowest BCUT2D eigenvalue weighted by Crippen LogP contribution is -2.14. The average Bonchev–Trinajstić information content (AvgIpc) is 2.84. The summed E-state index contributed by atoms with van der Waals surface area (Å²) >= 11 is 12.2. The Kier molecular flexibility index (Phi) is 4.10. The van der Waals surface area contributed by atoms with Crippen LogP contribution in [0.5, 0.6) is 0 Å². The molecule has 0 radical (unpaired) electrons. The number of para-hydroxylation sites is 2. The van der Waals surface area contributed by atoms with Crippen LogP contribution in [0.3, 0.4) is 0 Å². The molecule has 0 atom stereocenters. The van der Waals surface area contributed by atoms with Crippen LogP contribution in [-0.4, -0.2) is 16.9 Å². The molecule has 1 aromatic heterocycles. The van der Waals surface area contributed by atoms with Crippen molar-refractivity contribution >= 4 is 45.6 Å². The minimum Gasteiger partial charge on any atom is -0.375 e. The van der Waals surface area contributed by atoms with Gasteiger partial charge in [0.1, 0.15) is 0 Å². The topological polar surface area (TPSA) is 34.0 Å². The fraction of sp³-hybridized carbons (Fsp3) is 0.118. The van der Waals surface area contributed by atoms with Gasteiger partial charge in [-0.2, -0.15) is 0 Å². The highest BCUT2D eigenvalue weighted by molar-refractivity contribution is 6.39. The molecule has 0 saturated heterocycles. The lowest BCUT2D eigenvalue weighted by atomic mass is 10.1. The molecule has 3 nitrogen and oxygen atoms in total. The molecule has 1 heterocycles. The van der Waals surface area contributed by atoms with E-state index >= 15 is 0 Å². The molecule has 112 valence electrons. The average molecular weight is 333 g/mol. The maximum absolute atomic E-state index is 12.5. The van der Waals surface area contributed by atoms with Gasteiger partial charge in [0.25, 0.3) is 0 Å². The molecule has 0 fully saturated rings. The van der Waals surface area contributed by atoms with Gasteiger partial charge in [0.05, 0.1) is 22.3 Å². The van der Waals surface area contributed by atoms with E-state index in [0.717, 1.165) is 10.9 Å². The van der Waals surface area contributed by atoms with E-state index in [0.29, 0.717) is 21.3 Å². The van der Waals surface area contributed by atoms with Crippen LogP contribution in [0.2, 0.25) is 10.0 Å². The van der Waals surface area contributed by atoms with E-state index in [-0.39, 0.29) is 12.3 Å². The SMILES string of the molecule is Cn1cc(C(=O)CNc2c(Cl)cccc2Cl)c2ccccc21. The Labute approximate surface area is 138 Å². The zero-order valence-electron chi connectivity index (χ0n) is 11.9. The molecule has 0 aliphatic carbocycles. The minimum absolute atomic E-state index is 0.00668. The van der Waals surface area contributed by atoms with Crippen molar-refractivity contribution in [2.75, 3.05) is 11.9 Å². The van der Waals surface area contributed by atoms with E-state index in [9.17, 15) is 4.79 Å². The van der Waals surface area contributed by atoms with Gasteiger partial charge in [0, 0.05) is 29.7 Å². The number of nitrogens with zero attached hydrogens (tertiary/aromatic N) is 1. The second-order valence-corrected chi connectivity index (χ2v) is 5.86. The number of hydrogen-bond acceptors (Lipinski definition) is 2. The molecule has 0 spiro atoms. The monoisotopic (exact) mass is 332 g/mol. The Morgan fingerprint density at radius 2 is 1.77 bits per heavy atom. The van der Waals surface area contributed by atoms with Gasteiger partial charge in [-0.1, -0.05) is 47.5 Å². The normalized spacial score (nSPS) is 10.9. The molecule has 2 aromatic carbocycles. The number of anilines is 1. The Hall–Kier alpha value is -1.97. The standard InChI is InChI=1S/C17H14Cl2N2O/c1-21-10-12(11-5-2-3-8-15(11)21)16(22)9-20-17-13(18)6-4-7-14(17)19/h2-8,10,20H,9H2,1H3. The third-order valence-corrected chi connectivity index (χ3v) is 4.22. The number of carbonyl (C=O) groups is 1. The lowest BCUT2D eigenvalue weighted by molar-refractivity contribution is 0.101. The number of aryl methyl sites for hydroxylation is 1. The number of rotatable bonds is 4. The van der Waals surface area contributed by atoms with Gasteiger partial charge in [0.15, 0.2) is 5.78 Å². The number of Topliss-reactive ketones (excluding diaryl/α,β-unsaturated/α-hetero) is 1. The summed E-state index contributed by atoms with van der Waals surface area (Å²) in [5.74, 6) is -0.00668. The number of aromatic nitrogens is 1. The van der Waals surface area contributed by atoms with Crippen molar-refractivity contribution in [2.45, 2.75) is 0 Å². The Morgan fingerprint density at radius 1 is 1.09 bits per heavy atom. The Morgan fingerprint density at radius 3 is 2.50 bits per heavy atom. The van der Waals surface area contributed by atoms with Crippen LogP contribution in [0.15, 0.2) is 48.7 Å². The first-order valence-electron chi connectivity index (χ1n) is 6.83. The fourth-order valence-corrected chi connectivity index (χ4v) is 3.03. The molecule has 0 bridgehead atoms. The largest absolute Gasteiger partial charge is 0.375 e. The summed E-state index contributed by atoms with van der Waals surface area (Å²) in [6, 6.07) is 13.1. The zero-order chi connectivity index (χ0) is 15.7. The lowest BCUT2D eigenvalue weighted by Gasteiger charge is -2.09. The molecule has 0 saturated carbocycles. The number of benzene rings is 2. The molecular formula is C17H14Cl2N2O. The second kappa shape index (κ2) is 6.03. The summed E-state index contributed by atoms with van der Waals surface area (Å²) in [4.78, 5) is 12.5. The Balaban J connectivity index is 1.85. The van der Waals surface area contributed by atoms with Crippen LogP contribution in [0.1, 0.15) is 10.4 Å². The van der Waals surface area contributed by atoms with E-state index in [1.54, 1.807) is 18.2 Å². The molecule has 3 rings (SSSR count). The molecular weight excluding hydrogens is 319 g/mol. The van der Waals surface area contributed by atoms with Gasteiger partial charge >= 0.3 is 0 Å². The van der Waals surface area contributed by atoms with E-state index in [1.807, 2.05) is 42.1 Å². The van der Waals surface area contributed by atoms with Crippen LogP contribution >= 0.6 is 23.2 Å². The van der Waals surface area contributed by atoms with Crippen LogP contribution in [0, 0.1) is 0 Å². The second-order valence-electron chi connectivity index (χ2n) is 5.04. The third-order valence-electron chi connectivity index (χ3n) is 3.59. The molecule has 22 heavy (non-hydrogen) atoms. The molecule has 0 aliphatic heterocycles. The van der Waals surface area contributed by atoms with E-state index in [2.05, 4.69) is 5.32 Å². The highest BCUT2D eigenvalue weighted by atomic mass is 35.5. The fourth-order valence-electron chi connectivity index (χ4n) is 2.49. The maximum Gasteiger partial charge on any atom is 0.184 e. The first kappa shape index (κ1) is 14.9. The summed E-state index contributed by atoms with van der Waals surface area (Å²) < 4.78 is 1.95. The van der Waals surface area contributed by atoms with Crippen molar-refractivity contribution in [2.24, 2.45) is 7.05 Å². The molecule has 3 aromatic rings. The minimum atomic E-state index is -0.00668. The van der Waals surface area contributed by atoms with E-state index < -0.39 is 0 Å². The summed E-state index contributed by atoms with van der Waals surface area (Å²) in [6.07, 6.45) is 1.85. The molecule has 1 N–H and O–H groups in total. The summed E-state index contributed by atoms with van der Waals surface area (Å²) in [5.41, 5.74) is 2.30. The first-order chi connectivity index (χ1) is 10.6. The third kappa shape index (κ3) is 2.70. The number of hydrogen-bond donors (Lipinski definition) is 1. The summed E-state index contributed by atoms with van der Waals surface area (Å²) in [5, 5.41) is 4.97. The first-order valence-corrected chi connectivity index (χ1v) is 7.58. The van der Waals surface area contributed by atoms with Gasteiger partial charge in [-0.15, -0.1) is 0 Å². The number of nitrogens with one attached hydrogen (secondary N) is 1. The zero-order valence-corrected chi connectivity index (χ0v) is 13.4. The number of fused-ring (bicyclic) bond motifs is 1. The van der Waals surface area contributed by atoms with Crippen molar-refractivity contribution in [3.63, 3.8) is 0 Å². The van der Waals surface area contributed by atoms with Crippen LogP contribution < -0.4 is 5.32 Å². The smallest absolute Gasteiger partial charge is 0.184 e. The van der Waals surface area contributed by atoms with Crippen molar-refractivity contribution in [3.05, 3.63) is 64.3 Å². The van der Waals surface area contributed by atoms with Crippen molar-refractivity contribution in [3.8, 4) is 0 Å². The molecule has 5 heteroatoms. The predicted octanol–water partition coefficient (Wildman–Crippen LogP) is 4.78. The highest BCUT2D eigenvalue weighted by Gasteiger charge is 2.14. The quantitative estimate of drug-likeness (QED) is 0.697. The van der Waals surface area contributed by atoms with Crippen molar-refractivity contribution in [1.82, 2.24) is 4.57 Å². The summed E-state index contributed by atoms with van der Waals surface area (Å²) in [6.45, 7) is 0.136. The summed E-state index contributed by atoms with van der Waals surface area (Å²) in [7, 11) is 1.93. The van der Waals surface area contributed by atoms with Crippen LogP contribution in [0.4, 0.5) is 5.69 Å². The van der Waals surface area contributed by atoms with Crippen LogP contribution in [-0.2, 0) is 7.05 Å².